The van der Waals surface area contributed by atoms with Crippen LogP contribution in [-0.2, 0) is 0 Å². The van der Waals surface area contributed by atoms with Gasteiger partial charge in [0.1, 0.15) is 0 Å². The van der Waals surface area contributed by atoms with Crippen molar-refractivity contribution in [3.63, 3.8) is 0 Å². The molecule has 0 saturated carbocycles. The first-order valence-corrected chi connectivity index (χ1v) is 9.62. The zero-order valence-electron chi connectivity index (χ0n) is 15.4. The van der Waals surface area contributed by atoms with Crippen LogP contribution in [0.2, 0.25) is 10.0 Å². The van der Waals surface area contributed by atoms with E-state index >= 15 is 0 Å². The molecule has 0 saturated heterocycles. The fraction of sp³-hybridized carbons (Fsp3) is 0.0455. The molecule has 1 N–H and O–H groups in total. The van der Waals surface area contributed by atoms with Gasteiger partial charge in [0, 0.05) is 11.3 Å². The predicted octanol–water partition coefficient (Wildman–Crippen LogP) is 5.64. The molecule has 0 fully saturated rings. The maximum absolute atomic E-state index is 13.1. The van der Waals surface area contributed by atoms with Crippen LogP contribution in [0.5, 0.6) is 0 Å². The van der Waals surface area contributed by atoms with Gasteiger partial charge in [0.15, 0.2) is 0 Å². The van der Waals surface area contributed by atoms with Crippen molar-refractivity contribution in [1.29, 1.82) is 0 Å². The molecule has 1 heterocycles. The van der Waals surface area contributed by atoms with E-state index in [1.807, 2.05) is 37.3 Å². The number of halogens is 2. The zero-order chi connectivity index (χ0) is 20.4. The summed E-state index contributed by atoms with van der Waals surface area (Å²) in [5.41, 5.74) is 2.72. The summed E-state index contributed by atoms with van der Waals surface area (Å²) in [7, 11) is 0. The quantitative estimate of drug-likeness (QED) is 0.433. The minimum atomic E-state index is -0.301. The van der Waals surface area contributed by atoms with E-state index < -0.39 is 0 Å². The molecule has 0 atom stereocenters. The van der Waals surface area contributed by atoms with E-state index in [2.05, 4.69) is 15.4 Å². The normalized spacial score (nSPS) is 11.3. The smallest absolute Gasteiger partial charge is 0.283 e. The van der Waals surface area contributed by atoms with Crippen molar-refractivity contribution in [2.45, 2.75) is 6.92 Å². The second kappa shape index (κ2) is 8.07. The van der Waals surface area contributed by atoms with Crippen molar-refractivity contribution in [3.05, 3.63) is 98.3 Å². The average Bonchev–Trinajstić information content (AvgIpc) is 2.71. The molecule has 3 aromatic carbocycles. The van der Waals surface area contributed by atoms with Crippen molar-refractivity contribution in [1.82, 2.24) is 9.66 Å². The van der Waals surface area contributed by atoms with E-state index in [4.69, 9.17) is 23.2 Å². The van der Waals surface area contributed by atoms with Crippen molar-refractivity contribution < 1.29 is 0 Å². The van der Waals surface area contributed by atoms with E-state index in [1.165, 1.54) is 10.9 Å². The van der Waals surface area contributed by atoms with Gasteiger partial charge in [-0.3, -0.25) is 4.79 Å². The lowest BCUT2D eigenvalue weighted by Gasteiger charge is -2.11. The molecule has 0 aliphatic rings. The highest BCUT2D eigenvalue weighted by Gasteiger charge is 2.11. The number of aryl methyl sites for hydroxylation is 1. The minimum Gasteiger partial charge on any atom is -0.324 e. The molecule has 0 radical (unpaired) electrons. The SMILES string of the molecule is Cc1ccc(Nc2nc3ccccc3c(=O)n2N=Cc2c(Cl)cccc2Cl)cc1. The number of nitrogens with one attached hydrogen (secondary N) is 1. The maximum Gasteiger partial charge on any atom is 0.283 e. The maximum atomic E-state index is 13.1. The Morgan fingerprint density at radius 2 is 1.66 bits per heavy atom. The fourth-order valence-electron chi connectivity index (χ4n) is 2.83. The largest absolute Gasteiger partial charge is 0.324 e. The lowest BCUT2D eigenvalue weighted by Crippen LogP contribution is -2.21. The molecule has 1 aromatic heterocycles. The molecule has 0 bridgehead atoms. The summed E-state index contributed by atoms with van der Waals surface area (Å²) in [6.07, 6.45) is 1.46. The highest BCUT2D eigenvalue weighted by molar-refractivity contribution is 6.38. The number of hydrogen-bond donors (Lipinski definition) is 1. The lowest BCUT2D eigenvalue weighted by molar-refractivity contribution is 0.830. The Kier molecular flexibility index (Phi) is 5.34. The summed E-state index contributed by atoms with van der Waals surface area (Å²) < 4.78 is 1.21. The van der Waals surface area contributed by atoms with Gasteiger partial charge in [-0.25, -0.2) is 4.98 Å². The molecule has 0 aliphatic heterocycles. The average molecular weight is 423 g/mol. The number of para-hydroxylation sites is 1. The van der Waals surface area contributed by atoms with Crippen LogP contribution in [0.4, 0.5) is 11.6 Å². The second-order valence-corrected chi connectivity index (χ2v) is 7.25. The highest BCUT2D eigenvalue weighted by atomic mass is 35.5. The van der Waals surface area contributed by atoms with Crippen LogP contribution in [0.25, 0.3) is 10.9 Å². The van der Waals surface area contributed by atoms with E-state index in [0.29, 0.717) is 26.5 Å². The molecule has 0 aliphatic carbocycles. The number of rotatable bonds is 4. The number of nitrogens with zero attached hydrogens (tertiary/aromatic N) is 3. The van der Waals surface area contributed by atoms with Crippen LogP contribution in [0.15, 0.2) is 76.6 Å². The van der Waals surface area contributed by atoms with Gasteiger partial charge in [0.25, 0.3) is 5.56 Å². The van der Waals surface area contributed by atoms with E-state index in [0.717, 1.165) is 11.3 Å². The summed E-state index contributed by atoms with van der Waals surface area (Å²) >= 11 is 12.4. The first-order chi connectivity index (χ1) is 14.0. The molecule has 0 unspecified atom stereocenters. The van der Waals surface area contributed by atoms with Gasteiger partial charge in [-0.1, -0.05) is 59.1 Å². The number of fused-ring (bicyclic) bond motifs is 1. The van der Waals surface area contributed by atoms with Crippen LogP contribution < -0.4 is 10.9 Å². The highest BCUT2D eigenvalue weighted by Crippen LogP contribution is 2.23. The minimum absolute atomic E-state index is 0.289. The first-order valence-electron chi connectivity index (χ1n) is 8.87. The van der Waals surface area contributed by atoms with E-state index in [9.17, 15) is 4.79 Å². The van der Waals surface area contributed by atoms with E-state index in [1.54, 1.807) is 36.4 Å². The van der Waals surface area contributed by atoms with Crippen LogP contribution in [-0.4, -0.2) is 15.9 Å². The Balaban J connectivity index is 1.86. The van der Waals surface area contributed by atoms with Crippen LogP contribution in [0.3, 0.4) is 0 Å². The van der Waals surface area contributed by atoms with Gasteiger partial charge in [-0.2, -0.15) is 9.78 Å². The Hall–Kier alpha value is -3.15. The fourth-order valence-corrected chi connectivity index (χ4v) is 3.32. The molecule has 0 amide bonds. The standard InChI is InChI=1S/C22H16Cl2N4O/c1-14-9-11-15(12-10-14)26-22-27-20-8-3-2-5-16(20)21(29)28(22)25-13-17-18(23)6-4-7-19(17)24/h2-13H,1H3,(H,26,27). The Morgan fingerprint density at radius 3 is 2.38 bits per heavy atom. The summed E-state index contributed by atoms with van der Waals surface area (Å²) in [5, 5.41) is 8.86. The Bertz CT molecular complexity index is 1260. The molecule has 5 nitrogen and oxygen atoms in total. The van der Waals surface area contributed by atoms with Crippen LogP contribution in [0.1, 0.15) is 11.1 Å². The van der Waals surface area contributed by atoms with Crippen LogP contribution in [0, 0.1) is 6.92 Å². The summed E-state index contributed by atoms with van der Waals surface area (Å²) in [5.74, 6) is 0.289. The Morgan fingerprint density at radius 1 is 0.966 bits per heavy atom. The number of benzene rings is 3. The lowest BCUT2D eigenvalue weighted by atomic mass is 10.2. The number of aromatic nitrogens is 2. The zero-order valence-corrected chi connectivity index (χ0v) is 16.9. The van der Waals surface area contributed by atoms with Gasteiger partial charge in [-0.05, 0) is 43.3 Å². The first kappa shape index (κ1) is 19.2. The molecular weight excluding hydrogens is 407 g/mol. The summed E-state index contributed by atoms with van der Waals surface area (Å²) in [4.78, 5) is 17.7. The van der Waals surface area contributed by atoms with Gasteiger partial charge in [0.2, 0.25) is 5.95 Å². The predicted molar refractivity (Wildman–Crippen MR) is 120 cm³/mol. The molecule has 144 valence electrons. The molecular formula is C22H16Cl2N4O. The second-order valence-electron chi connectivity index (χ2n) is 6.44. The summed E-state index contributed by atoms with van der Waals surface area (Å²) in [6, 6.07) is 20.1. The van der Waals surface area contributed by atoms with E-state index in [-0.39, 0.29) is 11.5 Å². The van der Waals surface area contributed by atoms with Gasteiger partial charge < -0.3 is 5.32 Å². The monoisotopic (exact) mass is 422 g/mol. The summed E-state index contributed by atoms with van der Waals surface area (Å²) in [6.45, 7) is 2.01. The van der Waals surface area contributed by atoms with Crippen LogP contribution >= 0.6 is 23.2 Å². The molecule has 4 aromatic rings. The van der Waals surface area contributed by atoms with Crippen molar-refractivity contribution in [2.75, 3.05) is 5.32 Å². The number of hydrogen-bond acceptors (Lipinski definition) is 4. The Labute approximate surface area is 177 Å². The molecule has 29 heavy (non-hydrogen) atoms. The third kappa shape index (κ3) is 4.01. The topological polar surface area (TPSA) is 59.3 Å². The van der Waals surface area contributed by atoms with Crippen molar-refractivity contribution in [3.8, 4) is 0 Å². The molecule has 0 spiro atoms. The third-order valence-corrected chi connectivity index (χ3v) is 5.02. The number of anilines is 2. The van der Waals surface area contributed by atoms with Gasteiger partial charge in [-0.15, -0.1) is 0 Å². The molecule has 4 rings (SSSR count). The molecule has 7 heteroatoms. The van der Waals surface area contributed by atoms with Gasteiger partial charge >= 0.3 is 0 Å². The van der Waals surface area contributed by atoms with Crippen molar-refractivity contribution >= 4 is 52.0 Å². The van der Waals surface area contributed by atoms with Crippen molar-refractivity contribution in [2.24, 2.45) is 5.10 Å². The van der Waals surface area contributed by atoms with Gasteiger partial charge in [0.05, 0.1) is 27.2 Å². The third-order valence-electron chi connectivity index (χ3n) is 4.36.